The molecule has 4 atom stereocenters. The van der Waals surface area contributed by atoms with Crippen molar-refractivity contribution in [1.82, 2.24) is 19.9 Å². The molecular formula is C40H47F4N5O2Si. The van der Waals surface area contributed by atoms with Crippen molar-refractivity contribution in [2.45, 2.75) is 108 Å². The first-order valence-corrected chi connectivity index (χ1v) is 20.6. The molecule has 7 rings (SSSR count). The largest absolute Gasteiger partial charge is 0.508 e. The predicted octanol–water partition coefficient (Wildman–Crippen LogP) is 8.90. The first kappa shape index (κ1) is 36.4. The Morgan fingerprint density at radius 1 is 1.08 bits per heavy atom. The summed E-state index contributed by atoms with van der Waals surface area (Å²) < 4.78 is 68.0. The van der Waals surface area contributed by atoms with Crippen LogP contribution in [0.15, 0.2) is 30.5 Å². The Balaban J connectivity index is 1.40. The summed E-state index contributed by atoms with van der Waals surface area (Å²) in [5, 5.41) is 11.9. The minimum Gasteiger partial charge on any atom is -0.508 e. The molecule has 0 bridgehead atoms. The maximum absolute atomic E-state index is 17.1. The highest BCUT2D eigenvalue weighted by atomic mass is 28.3. The van der Waals surface area contributed by atoms with Gasteiger partial charge >= 0.3 is 6.01 Å². The zero-order chi connectivity index (χ0) is 37.3. The Kier molecular flexibility index (Phi) is 9.43. The van der Waals surface area contributed by atoms with E-state index in [9.17, 15) is 13.9 Å². The molecule has 7 nitrogen and oxygen atoms in total. The number of ether oxygens (including phenoxy) is 1. The van der Waals surface area contributed by atoms with Gasteiger partial charge in [-0.3, -0.25) is 9.88 Å². The Labute approximate surface area is 303 Å². The first-order valence-electron chi connectivity index (χ1n) is 18.4. The van der Waals surface area contributed by atoms with Crippen LogP contribution in [0.3, 0.4) is 0 Å². The molecule has 2 aromatic heterocycles. The fourth-order valence-electron chi connectivity index (χ4n) is 9.24. The lowest BCUT2D eigenvalue weighted by atomic mass is 9.95. The van der Waals surface area contributed by atoms with Gasteiger partial charge in [0.25, 0.3) is 0 Å². The highest BCUT2D eigenvalue weighted by molar-refractivity contribution is 6.90. The van der Waals surface area contributed by atoms with E-state index in [2.05, 4.69) is 72.9 Å². The SMILES string of the molecule is CC(C)[Si](C#Cc1c(F)ccc2cc(O)cc(-c3ncc4c(N(C)[C@@H]5C[C@H]5F)nc(OC[C@@]56CCCN5C[C@H](F)C6)nc4c3F)c12)(C(C)C)C(C)C. The lowest BCUT2D eigenvalue weighted by Gasteiger charge is -2.38. The van der Waals surface area contributed by atoms with Crippen LogP contribution < -0.4 is 9.64 Å². The topological polar surface area (TPSA) is 74.6 Å². The number of halogens is 4. The average Bonchev–Trinajstić information content (AvgIpc) is 3.56. The minimum atomic E-state index is -2.29. The lowest BCUT2D eigenvalue weighted by molar-refractivity contribution is 0.107. The molecular weight excluding hydrogens is 687 g/mol. The molecule has 1 saturated carbocycles. The zero-order valence-electron chi connectivity index (χ0n) is 30.9. The van der Waals surface area contributed by atoms with Gasteiger partial charge in [0.05, 0.1) is 22.5 Å². The monoisotopic (exact) mass is 733 g/mol. The van der Waals surface area contributed by atoms with Crippen molar-refractivity contribution in [3.05, 3.63) is 47.7 Å². The van der Waals surface area contributed by atoms with Crippen molar-refractivity contribution in [3.8, 4) is 34.5 Å². The number of nitrogens with zero attached hydrogens (tertiary/aromatic N) is 5. The molecule has 4 aromatic rings. The molecule has 276 valence electrons. The van der Waals surface area contributed by atoms with E-state index in [1.165, 1.54) is 30.5 Å². The molecule has 12 heteroatoms. The summed E-state index contributed by atoms with van der Waals surface area (Å²) in [4.78, 5) is 17.4. The minimum absolute atomic E-state index is 0.110. The molecule has 0 amide bonds. The third kappa shape index (κ3) is 6.07. The van der Waals surface area contributed by atoms with Crippen molar-refractivity contribution in [3.63, 3.8) is 0 Å². The number of rotatable bonds is 9. The van der Waals surface area contributed by atoms with E-state index in [1.807, 2.05) is 0 Å². The first-order chi connectivity index (χ1) is 24.7. The van der Waals surface area contributed by atoms with Gasteiger partial charge in [0.15, 0.2) is 5.82 Å². The number of fused-ring (bicyclic) bond motifs is 3. The van der Waals surface area contributed by atoms with E-state index in [0.29, 0.717) is 46.8 Å². The van der Waals surface area contributed by atoms with Gasteiger partial charge in [-0.25, -0.2) is 17.6 Å². The Morgan fingerprint density at radius 2 is 1.79 bits per heavy atom. The number of phenolic OH excluding ortho intramolecular Hbond substituents is 1. The van der Waals surface area contributed by atoms with Crippen LogP contribution in [0.1, 0.15) is 72.8 Å². The van der Waals surface area contributed by atoms with Gasteiger partial charge in [0, 0.05) is 43.6 Å². The van der Waals surface area contributed by atoms with E-state index in [0.717, 1.165) is 19.4 Å². The fraction of sp³-hybridized carbons (Fsp3) is 0.525. The van der Waals surface area contributed by atoms with Crippen molar-refractivity contribution in [1.29, 1.82) is 0 Å². The average molecular weight is 734 g/mol. The van der Waals surface area contributed by atoms with Crippen LogP contribution in [-0.4, -0.2) is 83.7 Å². The summed E-state index contributed by atoms with van der Waals surface area (Å²) >= 11 is 0. The highest BCUT2D eigenvalue weighted by Gasteiger charge is 2.49. The Hall–Kier alpha value is -3.95. The van der Waals surface area contributed by atoms with Gasteiger partial charge < -0.3 is 14.7 Å². The maximum atomic E-state index is 17.1. The van der Waals surface area contributed by atoms with Crippen molar-refractivity contribution in [2.24, 2.45) is 0 Å². The quantitative estimate of drug-likeness (QED) is 0.105. The van der Waals surface area contributed by atoms with Gasteiger partial charge in [-0.1, -0.05) is 53.5 Å². The van der Waals surface area contributed by atoms with Crippen LogP contribution in [0, 0.1) is 23.1 Å². The van der Waals surface area contributed by atoms with Crippen LogP contribution >= 0.6 is 0 Å². The normalized spacial score (nSPS) is 23.2. The lowest BCUT2D eigenvalue weighted by Crippen LogP contribution is -2.43. The number of hydrogen-bond acceptors (Lipinski definition) is 7. The second-order valence-corrected chi connectivity index (χ2v) is 21.5. The molecule has 3 fully saturated rings. The van der Waals surface area contributed by atoms with Crippen molar-refractivity contribution >= 4 is 35.6 Å². The summed E-state index contributed by atoms with van der Waals surface area (Å²) in [6.07, 6.45) is 1.75. The zero-order valence-corrected chi connectivity index (χ0v) is 31.9. The number of phenols is 1. The molecule has 0 radical (unpaired) electrons. The van der Waals surface area contributed by atoms with E-state index < -0.39 is 43.6 Å². The predicted molar refractivity (Wildman–Crippen MR) is 200 cm³/mol. The number of anilines is 1. The Morgan fingerprint density at radius 3 is 2.46 bits per heavy atom. The number of alkyl halides is 2. The molecule has 2 aromatic carbocycles. The van der Waals surface area contributed by atoms with Gasteiger partial charge in [-0.05, 0) is 59.6 Å². The maximum Gasteiger partial charge on any atom is 0.319 e. The van der Waals surface area contributed by atoms with Crippen LogP contribution in [-0.2, 0) is 0 Å². The summed E-state index contributed by atoms with van der Waals surface area (Å²) in [6, 6.07) is 5.17. The van der Waals surface area contributed by atoms with Gasteiger partial charge in [-0.15, -0.1) is 5.54 Å². The highest BCUT2D eigenvalue weighted by Crippen LogP contribution is 2.44. The second kappa shape index (κ2) is 13.5. The van der Waals surface area contributed by atoms with Gasteiger partial charge in [0.1, 0.15) is 55.6 Å². The number of benzene rings is 2. The molecule has 2 saturated heterocycles. The summed E-state index contributed by atoms with van der Waals surface area (Å²) in [5.74, 6) is 1.96. The summed E-state index contributed by atoms with van der Waals surface area (Å²) in [7, 11) is -0.602. The van der Waals surface area contributed by atoms with Crippen LogP contribution in [0.25, 0.3) is 32.9 Å². The Bertz CT molecular complexity index is 2080. The molecule has 0 unspecified atom stereocenters. The van der Waals surface area contributed by atoms with Crippen molar-refractivity contribution in [2.75, 3.05) is 31.6 Å². The molecule has 4 heterocycles. The summed E-state index contributed by atoms with van der Waals surface area (Å²) in [5.41, 5.74) is 4.01. The molecule has 1 N–H and O–H groups in total. The van der Waals surface area contributed by atoms with Crippen LogP contribution in [0.4, 0.5) is 23.4 Å². The van der Waals surface area contributed by atoms with E-state index in [1.54, 1.807) is 11.9 Å². The van der Waals surface area contributed by atoms with Gasteiger partial charge in [0.2, 0.25) is 0 Å². The van der Waals surface area contributed by atoms with Crippen LogP contribution in [0.2, 0.25) is 16.6 Å². The third-order valence-electron chi connectivity index (χ3n) is 12.0. The smallest absolute Gasteiger partial charge is 0.319 e. The van der Waals surface area contributed by atoms with Crippen molar-refractivity contribution < 1.29 is 27.4 Å². The molecule has 2 aliphatic heterocycles. The standard InChI is InChI=1S/C40H47F4N5O2Si/c1-22(2)52(23(3)4,24(5)6)14-11-28-31(42)10-9-25-15-27(50)16-29(34(25)28)36-35(44)37-30(19-45-36)38(48(7)33-17-32(33)43)47-39(46-37)51-21-40-12-8-13-49(40)20-26(41)18-40/h9-10,15-16,19,22-24,26,32-33,50H,8,12-13,17-18,20-21H2,1-7H3/t26-,32-,33-,40+/m1/s1. The second-order valence-electron chi connectivity index (χ2n) is 16.0. The third-order valence-corrected chi connectivity index (χ3v) is 18.3. The number of aromatic nitrogens is 3. The van der Waals surface area contributed by atoms with E-state index >= 15 is 8.78 Å². The number of hydrogen-bond donors (Lipinski definition) is 1. The number of pyridine rings is 1. The molecule has 0 spiro atoms. The molecule has 1 aliphatic carbocycles. The summed E-state index contributed by atoms with van der Waals surface area (Å²) in [6.45, 7) is 14.3. The van der Waals surface area contributed by atoms with Gasteiger partial charge in [-0.2, -0.15) is 9.97 Å². The van der Waals surface area contributed by atoms with E-state index in [4.69, 9.17) is 4.74 Å². The van der Waals surface area contributed by atoms with Crippen LogP contribution in [0.5, 0.6) is 11.8 Å². The fourth-order valence-corrected chi connectivity index (χ4v) is 14.4. The van der Waals surface area contributed by atoms with E-state index in [-0.39, 0.29) is 51.9 Å². The molecule has 52 heavy (non-hydrogen) atoms. The number of aromatic hydroxyl groups is 1. The molecule has 3 aliphatic rings.